The Hall–Kier alpha value is -0.210. The number of hydrogen-bond acceptors (Lipinski definition) is 5. The van der Waals surface area contributed by atoms with Crippen LogP contribution >= 0.6 is 0 Å². The highest BCUT2D eigenvalue weighted by atomic mass is 32.2. The summed E-state index contributed by atoms with van der Waals surface area (Å²) in [5.41, 5.74) is 0. The minimum Gasteiger partial charge on any atom is -0.383 e. The highest BCUT2D eigenvalue weighted by molar-refractivity contribution is 7.89. The van der Waals surface area contributed by atoms with Gasteiger partial charge in [0, 0.05) is 45.9 Å². The van der Waals surface area contributed by atoms with Crippen molar-refractivity contribution in [3.63, 3.8) is 0 Å². The van der Waals surface area contributed by atoms with Crippen LogP contribution in [0, 0.1) is 0 Å². The summed E-state index contributed by atoms with van der Waals surface area (Å²) in [5, 5.41) is 3.24. The Kier molecular flexibility index (Phi) is 6.35. The second-order valence-electron chi connectivity index (χ2n) is 4.38. The molecule has 0 bridgehead atoms. The van der Waals surface area contributed by atoms with Gasteiger partial charge in [-0.3, -0.25) is 4.90 Å². The second kappa shape index (κ2) is 7.27. The maximum atomic E-state index is 11.7. The predicted octanol–water partition coefficient (Wildman–Crippen LogP) is -1.15. The van der Waals surface area contributed by atoms with Crippen molar-refractivity contribution < 1.29 is 13.2 Å². The fourth-order valence-corrected chi connectivity index (χ4v) is 3.13. The number of ether oxygens (including phenoxy) is 1. The molecule has 0 aliphatic carbocycles. The van der Waals surface area contributed by atoms with E-state index in [1.54, 1.807) is 14.0 Å². The molecule has 102 valence electrons. The minimum atomic E-state index is -3.19. The first-order valence-corrected chi connectivity index (χ1v) is 7.61. The Morgan fingerprint density at radius 2 is 2.06 bits per heavy atom. The van der Waals surface area contributed by atoms with Gasteiger partial charge < -0.3 is 10.1 Å². The lowest BCUT2D eigenvalue weighted by atomic mass is 10.4. The number of nitrogens with zero attached hydrogens (tertiary/aromatic N) is 1. The zero-order valence-corrected chi connectivity index (χ0v) is 11.4. The molecule has 2 N–H and O–H groups in total. The van der Waals surface area contributed by atoms with Gasteiger partial charge in [-0.2, -0.15) is 0 Å². The average molecular weight is 265 g/mol. The molecule has 1 aliphatic heterocycles. The summed E-state index contributed by atoms with van der Waals surface area (Å²) >= 11 is 0. The van der Waals surface area contributed by atoms with Gasteiger partial charge in [-0.05, 0) is 6.92 Å². The summed E-state index contributed by atoms with van der Waals surface area (Å²) < 4.78 is 31.0. The lowest BCUT2D eigenvalue weighted by Crippen LogP contribution is -2.46. The van der Waals surface area contributed by atoms with Crippen molar-refractivity contribution in [2.24, 2.45) is 0 Å². The zero-order chi connectivity index (χ0) is 12.7. The van der Waals surface area contributed by atoms with E-state index >= 15 is 0 Å². The minimum absolute atomic E-state index is 0.154. The van der Waals surface area contributed by atoms with Crippen LogP contribution in [-0.4, -0.2) is 71.6 Å². The van der Waals surface area contributed by atoms with Crippen molar-refractivity contribution in [2.75, 3.05) is 52.2 Å². The summed E-state index contributed by atoms with van der Waals surface area (Å²) in [6.45, 7) is 6.50. The van der Waals surface area contributed by atoms with Crippen molar-refractivity contribution in [2.45, 2.75) is 13.0 Å². The molecule has 0 aromatic heterocycles. The van der Waals surface area contributed by atoms with Crippen LogP contribution in [-0.2, 0) is 14.8 Å². The van der Waals surface area contributed by atoms with Crippen molar-refractivity contribution in [1.29, 1.82) is 0 Å². The molecule has 0 aromatic carbocycles. The number of hydrogen-bond donors (Lipinski definition) is 2. The van der Waals surface area contributed by atoms with Crippen molar-refractivity contribution in [1.82, 2.24) is 14.9 Å². The highest BCUT2D eigenvalue weighted by Crippen LogP contribution is 1.96. The Labute approximate surface area is 104 Å². The first-order valence-electron chi connectivity index (χ1n) is 5.95. The monoisotopic (exact) mass is 265 g/mol. The van der Waals surface area contributed by atoms with Gasteiger partial charge in [0.15, 0.2) is 0 Å². The van der Waals surface area contributed by atoms with Gasteiger partial charge in [0.05, 0.1) is 12.4 Å². The van der Waals surface area contributed by atoms with E-state index < -0.39 is 10.0 Å². The summed E-state index contributed by atoms with van der Waals surface area (Å²) in [5.74, 6) is 0.154. The molecule has 6 nitrogen and oxygen atoms in total. The Bertz CT molecular complexity index is 302. The summed E-state index contributed by atoms with van der Waals surface area (Å²) in [6.07, 6.45) is 0. The van der Waals surface area contributed by atoms with Crippen LogP contribution in [0.3, 0.4) is 0 Å². The number of nitrogens with one attached hydrogen (secondary N) is 2. The zero-order valence-electron chi connectivity index (χ0n) is 10.6. The second-order valence-corrected chi connectivity index (χ2v) is 6.26. The highest BCUT2D eigenvalue weighted by Gasteiger charge is 2.17. The lowest BCUT2D eigenvalue weighted by Gasteiger charge is -2.27. The topological polar surface area (TPSA) is 70.7 Å². The third kappa shape index (κ3) is 6.32. The van der Waals surface area contributed by atoms with Gasteiger partial charge in [0.2, 0.25) is 10.0 Å². The molecular weight excluding hydrogens is 242 g/mol. The van der Waals surface area contributed by atoms with Crippen LogP contribution in [0.1, 0.15) is 6.92 Å². The molecule has 1 atom stereocenters. The summed E-state index contributed by atoms with van der Waals surface area (Å²) in [4.78, 5) is 2.16. The third-order valence-corrected chi connectivity index (χ3v) is 4.16. The quantitative estimate of drug-likeness (QED) is 0.608. The summed E-state index contributed by atoms with van der Waals surface area (Å²) in [7, 11) is -1.63. The Morgan fingerprint density at radius 1 is 1.41 bits per heavy atom. The van der Waals surface area contributed by atoms with Crippen LogP contribution in [0.2, 0.25) is 0 Å². The molecule has 1 heterocycles. The lowest BCUT2D eigenvalue weighted by molar-refractivity contribution is 0.180. The molecule has 0 radical (unpaired) electrons. The average Bonchev–Trinajstić information content (AvgIpc) is 2.27. The first kappa shape index (κ1) is 14.8. The Morgan fingerprint density at radius 3 is 2.65 bits per heavy atom. The molecule has 1 aliphatic rings. The molecule has 0 amide bonds. The van der Waals surface area contributed by atoms with Gasteiger partial charge in [-0.15, -0.1) is 0 Å². The van der Waals surface area contributed by atoms with E-state index in [-0.39, 0.29) is 11.8 Å². The van der Waals surface area contributed by atoms with Gasteiger partial charge in [-0.1, -0.05) is 0 Å². The van der Waals surface area contributed by atoms with E-state index in [0.717, 1.165) is 26.2 Å². The first-order chi connectivity index (χ1) is 8.03. The molecule has 0 saturated carbocycles. The smallest absolute Gasteiger partial charge is 0.213 e. The van der Waals surface area contributed by atoms with Crippen LogP contribution in [0.25, 0.3) is 0 Å². The van der Waals surface area contributed by atoms with Crippen LogP contribution in [0.15, 0.2) is 0 Å². The molecule has 1 unspecified atom stereocenters. The normalized spacial score (nSPS) is 20.4. The van der Waals surface area contributed by atoms with E-state index in [9.17, 15) is 8.42 Å². The number of methoxy groups -OCH3 is 1. The third-order valence-electron chi connectivity index (χ3n) is 2.68. The van der Waals surface area contributed by atoms with E-state index in [1.807, 2.05) is 0 Å². The van der Waals surface area contributed by atoms with Gasteiger partial charge in [0.25, 0.3) is 0 Å². The van der Waals surface area contributed by atoms with Crippen LogP contribution in [0.5, 0.6) is 0 Å². The van der Waals surface area contributed by atoms with Crippen LogP contribution < -0.4 is 10.0 Å². The molecule has 0 aromatic rings. The molecule has 7 heteroatoms. The number of sulfonamides is 1. The van der Waals surface area contributed by atoms with Gasteiger partial charge in [-0.25, -0.2) is 13.1 Å². The van der Waals surface area contributed by atoms with Gasteiger partial charge in [0.1, 0.15) is 0 Å². The van der Waals surface area contributed by atoms with E-state index in [4.69, 9.17) is 4.74 Å². The maximum Gasteiger partial charge on any atom is 0.213 e. The maximum absolute atomic E-state index is 11.7. The Balaban J connectivity index is 2.28. The largest absolute Gasteiger partial charge is 0.383 e. The standard InChI is InChI=1S/C10H23N3O3S/c1-10(9-16-2)12-17(14,15)8-7-13-5-3-11-4-6-13/h10-12H,3-9H2,1-2H3. The van der Waals surface area contributed by atoms with Crippen LogP contribution in [0.4, 0.5) is 0 Å². The molecule has 1 fully saturated rings. The van der Waals surface area contributed by atoms with E-state index in [2.05, 4.69) is 14.9 Å². The molecule has 0 spiro atoms. The fraction of sp³-hybridized carbons (Fsp3) is 1.00. The van der Waals surface area contributed by atoms with E-state index in [0.29, 0.717) is 13.2 Å². The van der Waals surface area contributed by atoms with Crippen molar-refractivity contribution in [3.05, 3.63) is 0 Å². The number of piperazine rings is 1. The van der Waals surface area contributed by atoms with E-state index in [1.165, 1.54) is 0 Å². The van der Waals surface area contributed by atoms with Gasteiger partial charge >= 0.3 is 0 Å². The predicted molar refractivity (Wildman–Crippen MR) is 67.6 cm³/mol. The number of rotatable bonds is 7. The molecule has 1 saturated heterocycles. The van der Waals surface area contributed by atoms with Crippen molar-refractivity contribution in [3.8, 4) is 0 Å². The van der Waals surface area contributed by atoms with Crippen molar-refractivity contribution >= 4 is 10.0 Å². The SMILES string of the molecule is COCC(C)NS(=O)(=O)CCN1CCNCC1. The molecular formula is C10H23N3O3S. The summed E-state index contributed by atoms with van der Waals surface area (Å²) in [6, 6.07) is -0.173. The molecule has 1 rings (SSSR count). The molecule has 17 heavy (non-hydrogen) atoms. The fourth-order valence-electron chi connectivity index (χ4n) is 1.83.